The minimum absolute atomic E-state index is 0.0690. The van der Waals surface area contributed by atoms with Crippen LogP contribution in [0.15, 0.2) is 29.4 Å². The number of amides is 1. The van der Waals surface area contributed by atoms with Crippen LogP contribution in [-0.4, -0.2) is 22.2 Å². The lowest BCUT2D eigenvalue weighted by Crippen LogP contribution is -2.32. The fraction of sp³-hybridized carbons (Fsp3) is 0.455. The van der Waals surface area contributed by atoms with Crippen LogP contribution in [-0.2, 0) is 4.79 Å². The summed E-state index contributed by atoms with van der Waals surface area (Å²) in [5, 5.41) is 3.82. The Morgan fingerprint density at radius 2 is 2.40 bits per heavy atom. The van der Waals surface area contributed by atoms with Gasteiger partial charge in [0, 0.05) is 12.2 Å². The maximum Gasteiger partial charge on any atom is 0.233 e. The van der Waals surface area contributed by atoms with Gasteiger partial charge in [-0.15, -0.1) is 0 Å². The predicted molar refractivity (Wildman–Crippen MR) is 60.7 cm³/mol. The van der Waals surface area contributed by atoms with Gasteiger partial charge in [-0.25, -0.2) is 4.98 Å². The first-order chi connectivity index (χ1) is 7.25. The van der Waals surface area contributed by atoms with E-state index in [4.69, 9.17) is 0 Å². The maximum atomic E-state index is 11.6. The zero-order valence-corrected chi connectivity index (χ0v) is 9.46. The Bertz CT molecular complexity index is 338. The molecule has 1 fully saturated rings. The van der Waals surface area contributed by atoms with Crippen LogP contribution in [0, 0.1) is 0 Å². The lowest BCUT2D eigenvalue weighted by molar-refractivity contribution is -0.120. The van der Waals surface area contributed by atoms with Crippen molar-refractivity contribution in [3.8, 4) is 0 Å². The molecule has 0 aliphatic heterocycles. The van der Waals surface area contributed by atoms with Crippen molar-refractivity contribution in [3.63, 3.8) is 0 Å². The van der Waals surface area contributed by atoms with E-state index in [0.717, 1.165) is 17.9 Å². The number of thioether (sulfide) groups is 1. The van der Waals surface area contributed by atoms with Crippen molar-refractivity contribution < 1.29 is 4.79 Å². The molecule has 1 saturated carbocycles. The molecule has 80 valence electrons. The number of nitrogens with zero attached hydrogens (tertiary/aromatic N) is 1. The van der Waals surface area contributed by atoms with E-state index in [1.54, 1.807) is 6.20 Å². The van der Waals surface area contributed by atoms with E-state index < -0.39 is 0 Å². The largest absolute Gasteiger partial charge is 0.352 e. The first-order valence-electron chi connectivity index (χ1n) is 5.14. The van der Waals surface area contributed by atoms with E-state index in [-0.39, 0.29) is 11.2 Å². The molecule has 3 nitrogen and oxygen atoms in total. The van der Waals surface area contributed by atoms with Crippen molar-refractivity contribution in [1.29, 1.82) is 0 Å². The molecular formula is C11H14N2OS. The van der Waals surface area contributed by atoms with E-state index in [2.05, 4.69) is 10.3 Å². The first kappa shape index (κ1) is 10.5. The molecular weight excluding hydrogens is 208 g/mol. The summed E-state index contributed by atoms with van der Waals surface area (Å²) < 4.78 is 0. The van der Waals surface area contributed by atoms with Crippen LogP contribution >= 0.6 is 11.8 Å². The summed E-state index contributed by atoms with van der Waals surface area (Å²) in [6, 6.07) is 6.16. The van der Waals surface area contributed by atoms with Crippen LogP contribution in [0.1, 0.15) is 19.8 Å². The summed E-state index contributed by atoms with van der Waals surface area (Å²) in [4.78, 5) is 15.8. The first-order valence-corrected chi connectivity index (χ1v) is 6.02. The third kappa shape index (κ3) is 3.23. The molecule has 1 aromatic heterocycles. The summed E-state index contributed by atoms with van der Waals surface area (Å²) >= 11 is 1.50. The van der Waals surface area contributed by atoms with E-state index in [9.17, 15) is 4.79 Å². The Kier molecular flexibility index (Phi) is 3.26. The van der Waals surface area contributed by atoms with Crippen LogP contribution in [0.2, 0.25) is 0 Å². The Labute approximate surface area is 93.7 Å². The lowest BCUT2D eigenvalue weighted by Gasteiger charge is -2.10. The quantitative estimate of drug-likeness (QED) is 0.790. The smallest absolute Gasteiger partial charge is 0.233 e. The van der Waals surface area contributed by atoms with Gasteiger partial charge in [0.1, 0.15) is 0 Å². The minimum Gasteiger partial charge on any atom is -0.352 e. The molecule has 0 aromatic carbocycles. The highest BCUT2D eigenvalue weighted by Gasteiger charge is 2.25. The van der Waals surface area contributed by atoms with Crippen LogP contribution in [0.5, 0.6) is 0 Å². The zero-order chi connectivity index (χ0) is 10.7. The predicted octanol–water partition coefficient (Wildman–Crippen LogP) is 1.84. The number of carbonyl (C=O) groups excluding carboxylic acids is 1. The fourth-order valence-corrected chi connectivity index (χ4v) is 2.01. The molecule has 1 heterocycles. The number of hydrogen-bond acceptors (Lipinski definition) is 3. The molecule has 0 bridgehead atoms. The monoisotopic (exact) mass is 222 g/mol. The second-order valence-corrected chi connectivity index (χ2v) is 5.07. The van der Waals surface area contributed by atoms with Crippen molar-refractivity contribution in [2.75, 3.05) is 0 Å². The molecule has 1 atom stereocenters. The summed E-state index contributed by atoms with van der Waals surface area (Å²) in [6.07, 6.45) is 4.01. The topological polar surface area (TPSA) is 42.0 Å². The molecule has 0 spiro atoms. The number of carbonyl (C=O) groups is 1. The number of rotatable bonds is 4. The molecule has 0 radical (unpaired) electrons. The van der Waals surface area contributed by atoms with Crippen molar-refractivity contribution >= 4 is 17.7 Å². The molecule has 2 rings (SSSR count). The summed E-state index contributed by atoms with van der Waals surface area (Å²) in [6.45, 7) is 1.91. The molecule has 1 aliphatic carbocycles. The summed E-state index contributed by atoms with van der Waals surface area (Å²) in [5.41, 5.74) is 0. The number of nitrogens with one attached hydrogen (secondary N) is 1. The lowest BCUT2D eigenvalue weighted by atomic mass is 10.4. The Morgan fingerprint density at radius 3 is 3.00 bits per heavy atom. The Morgan fingerprint density at radius 1 is 1.60 bits per heavy atom. The third-order valence-electron chi connectivity index (χ3n) is 2.23. The van der Waals surface area contributed by atoms with Crippen molar-refractivity contribution in [1.82, 2.24) is 10.3 Å². The normalized spacial score (nSPS) is 17.1. The average molecular weight is 222 g/mol. The van der Waals surface area contributed by atoms with Crippen LogP contribution in [0.3, 0.4) is 0 Å². The number of pyridine rings is 1. The van der Waals surface area contributed by atoms with E-state index in [0.29, 0.717) is 6.04 Å². The zero-order valence-electron chi connectivity index (χ0n) is 8.64. The molecule has 1 unspecified atom stereocenters. The van der Waals surface area contributed by atoms with Gasteiger partial charge in [0.15, 0.2) is 0 Å². The minimum atomic E-state index is -0.0690. The second kappa shape index (κ2) is 4.66. The second-order valence-electron chi connectivity index (χ2n) is 3.71. The molecule has 1 aromatic rings. The Hall–Kier alpha value is -1.03. The van der Waals surface area contributed by atoms with Gasteiger partial charge >= 0.3 is 0 Å². The molecule has 0 saturated heterocycles. The van der Waals surface area contributed by atoms with Gasteiger partial charge in [-0.1, -0.05) is 17.8 Å². The van der Waals surface area contributed by atoms with Crippen LogP contribution in [0.25, 0.3) is 0 Å². The molecule has 15 heavy (non-hydrogen) atoms. The van der Waals surface area contributed by atoms with Gasteiger partial charge in [-0.3, -0.25) is 4.79 Å². The van der Waals surface area contributed by atoms with Gasteiger partial charge in [-0.05, 0) is 31.9 Å². The van der Waals surface area contributed by atoms with E-state index in [1.165, 1.54) is 11.8 Å². The number of aromatic nitrogens is 1. The highest BCUT2D eigenvalue weighted by atomic mass is 32.2. The van der Waals surface area contributed by atoms with Gasteiger partial charge in [0.2, 0.25) is 5.91 Å². The van der Waals surface area contributed by atoms with Gasteiger partial charge < -0.3 is 5.32 Å². The molecule has 4 heteroatoms. The molecule has 1 N–H and O–H groups in total. The van der Waals surface area contributed by atoms with Crippen LogP contribution in [0.4, 0.5) is 0 Å². The van der Waals surface area contributed by atoms with Crippen LogP contribution < -0.4 is 5.32 Å². The SMILES string of the molecule is CC(Sc1ccccn1)C(=O)NC1CC1. The van der Waals surface area contributed by atoms with E-state index >= 15 is 0 Å². The molecule has 1 amide bonds. The summed E-state index contributed by atoms with van der Waals surface area (Å²) in [5.74, 6) is 0.119. The van der Waals surface area contributed by atoms with Gasteiger partial charge in [-0.2, -0.15) is 0 Å². The molecule has 1 aliphatic rings. The van der Waals surface area contributed by atoms with Gasteiger partial charge in [0.05, 0.1) is 10.3 Å². The van der Waals surface area contributed by atoms with E-state index in [1.807, 2.05) is 25.1 Å². The highest BCUT2D eigenvalue weighted by molar-refractivity contribution is 8.00. The third-order valence-corrected chi connectivity index (χ3v) is 3.28. The van der Waals surface area contributed by atoms with Crippen molar-refractivity contribution in [2.45, 2.75) is 36.1 Å². The van der Waals surface area contributed by atoms with Gasteiger partial charge in [0.25, 0.3) is 0 Å². The van der Waals surface area contributed by atoms with Crippen molar-refractivity contribution in [3.05, 3.63) is 24.4 Å². The standard InChI is InChI=1S/C11H14N2OS/c1-8(11(14)13-9-5-6-9)15-10-4-2-3-7-12-10/h2-4,7-9H,5-6H2,1H3,(H,13,14). The number of hydrogen-bond donors (Lipinski definition) is 1. The average Bonchev–Trinajstić information content (AvgIpc) is 3.03. The maximum absolute atomic E-state index is 11.6. The fourth-order valence-electron chi connectivity index (χ4n) is 1.20. The summed E-state index contributed by atoms with van der Waals surface area (Å²) in [7, 11) is 0. The van der Waals surface area contributed by atoms with Crippen molar-refractivity contribution in [2.24, 2.45) is 0 Å². The Balaban J connectivity index is 1.85. The highest BCUT2D eigenvalue weighted by Crippen LogP contribution is 2.23.